The highest BCUT2D eigenvalue weighted by molar-refractivity contribution is 7.16. The second-order valence-corrected chi connectivity index (χ2v) is 4.69. The molecule has 0 aliphatic heterocycles. The molecule has 2 heterocycles. The lowest BCUT2D eigenvalue weighted by molar-refractivity contribution is 0.689. The predicted octanol–water partition coefficient (Wildman–Crippen LogP) is 2.41. The maximum atomic E-state index is 5.81. The Labute approximate surface area is 91.1 Å². The molecule has 5 heteroatoms. The fourth-order valence-electron chi connectivity index (χ4n) is 1.15. The molecule has 0 atom stereocenters. The molecule has 0 amide bonds. The zero-order chi connectivity index (χ0) is 9.80. The first-order valence-electron chi connectivity index (χ1n) is 4.27. The topological polar surface area (TPSA) is 40.7 Å². The minimum atomic E-state index is 0.801. The van der Waals surface area contributed by atoms with Crippen LogP contribution in [0.4, 0.5) is 0 Å². The van der Waals surface area contributed by atoms with Crippen LogP contribution in [-0.2, 0) is 13.1 Å². The Kier molecular flexibility index (Phi) is 3.18. The first-order valence-corrected chi connectivity index (χ1v) is 5.46. The van der Waals surface area contributed by atoms with E-state index < -0.39 is 0 Å². The lowest BCUT2D eigenvalue weighted by atomic mass is 10.4. The summed E-state index contributed by atoms with van der Waals surface area (Å²) >= 11 is 7.42. The molecule has 0 radical (unpaired) electrons. The summed E-state index contributed by atoms with van der Waals surface area (Å²) in [5.74, 6) is 0. The average Bonchev–Trinajstić information content (AvgIpc) is 2.77. The number of imidazole rings is 1. The summed E-state index contributed by atoms with van der Waals surface area (Å²) in [6.45, 7) is 1.64. The quantitative estimate of drug-likeness (QED) is 0.842. The molecule has 14 heavy (non-hydrogen) atoms. The number of nitrogens with one attached hydrogen (secondary N) is 2. The number of aromatic nitrogens is 2. The van der Waals surface area contributed by atoms with Gasteiger partial charge in [0.05, 0.1) is 10.7 Å². The molecule has 0 bridgehead atoms. The van der Waals surface area contributed by atoms with Crippen LogP contribution in [0.3, 0.4) is 0 Å². The van der Waals surface area contributed by atoms with Crippen molar-refractivity contribution in [3.8, 4) is 0 Å². The van der Waals surface area contributed by atoms with E-state index in [1.54, 1.807) is 17.7 Å². The van der Waals surface area contributed by atoms with Gasteiger partial charge in [-0.05, 0) is 12.1 Å². The summed E-state index contributed by atoms with van der Waals surface area (Å²) in [7, 11) is 0. The number of thiophene rings is 1. The molecule has 2 aromatic heterocycles. The van der Waals surface area contributed by atoms with Gasteiger partial charge in [-0.25, -0.2) is 4.98 Å². The molecule has 0 aliphatic rings. The predicted molar refractivity (Wildman–Crippen MR) is 58.5 cm³/mol. The maximum Gasteiger partial charge on any atom is 0.0931 e. The Morgan fingerprint density at radius 3 is 3.00 bits per heavy atom. The number of nitrogens with zero attached hydrogens (tertiary/aromatic N) is 1. The van der Waals surface area contributed by atoms with Crippen molar-refractivity contribution in [1.29, 1.82) is 0 Å². The van der Waals surface area contributed by atoms with Gasteiger partial charge in [0, 0.05) is 29.9 Å². The van der Waals surface area contributed by atoms with E-state index in [1.807, 2.05) is 18.3 Å². The molecule has 0 saturated heterocycles. The van der Waals surface area contributed by atoms with E-state index in [2.05, 4.69) is 15.3 Å². The van der Waals surface area contributed by atoms with Crippen molar-refractivity contribution in [3.05, 3.63) is 39.6 Å². The molecular formula is C9H10ClN3S. The molecule has 0 aliphatic carbocycles. The normalized spacial score (nSPS) is 10.6. The number of rotatable bonds is 4. The molecule has 0 unspecified atom stereocenters. The van der Waals surface area contributed by atoms with Gasteiger partial charge in [0.2, 0.25) is 0 Å². The van der Waals surface area contributed by atoms with Crippen molar-refractivity contribution in [2.24, 2.45) is 0 Å². The Bertz CT molecular complexity index is 382. The van der Waals surface area contributed by atoms with Crippen molar-refractivity contribution in [1.82, 2.24) is 15.3 Å². The van der Waals surface area contributed by atoms with E-state index in [-0.39, 0.29) is 0 Å². The highest BCUT2D eigenvalue weighted by Gasteiger charge is 1.97. The largest absolute Gasteiger partial charge is 0.347 e. The van der Waals surface area contributed by atoms with Gasteiger partial charge in [-0.2, -0.15) is 0 Å². The van der Waals surface area contributed by atoms with Crippen LogP contribution in [0.2, 0.25) is 4.34 Å². The Morgan fingerprint density at radius 1 is 1.43 bits per heavy atom. The van der Waals surface area contributed by atoms with Gasteiger partial charge in [-0.3, -0.25) is 0 Å². The van der Waals surface area contributed by atoms with E-state index in [9.17, 15) is 0 Å². The second-order valence-electron chi connectivity index (χ2n) is 2.89. The fourth-order valence-corrected chi connectivity index (χ4v) is 2.21. The number of aromatic amines is 1. The van der Waals surface area contributed by atoms with Gasteiger partial charge in [-0.1, -0.05) is 11.6 Å². The van der Waals surface area contributed by atoms with Crippen molar-refractivity contribution in [2.75, 3.05) is 0 Å². The zero-order valence-electron chi connectivity index (χ0n) is 7.46. The summed E-state index contributed by atoms with van der Waals surface area (Å²) < 4.78 is 0.836. The third-order valence-corrected chi connectivity index (χ3v) is 3.03. The zero-order valence-corrected chi connectivity index (χ0v) is 9.03. The van der Waals surface area contributed by atoms with E-state index in [0.29, 0.717) is 0 Å². The van der Waals surface area contributed by atoms with Crippen molar-refractivity contribution in [3.63, 3.8) is 0 Å². The number of halogens is 1. The molecule has 0 saturated carbocycles. The maximum absolute atomic E-state index is 5.81. The van der Waals surface area contributed by atoms with Gasteiger partial charge >= 0.3 is 0 Å². The molecule has 0 fully saturated rings. The van der Waals surface area contributed by atoms with Crippen molar-refractivity contribution < 1.29 is 0 Å². The number of hydrogen-bond acceptors (Lipinski definition) is 3. The molecule has 74 valence electrons. The summed E-state index contributed by atoms with van der Waals surface area (Å²) in [6.07, 6.45) is 3.49. The number of H-pyrrole nitrogens is 1. The molecule has 2 N–H and O–H groups in total. The monoisotopic (exact) mass is 227 g/mol. The lowest BCUT2D eigenvalue weighted by Crippen LogP contribution is -2.11. The van der Waals surface area contributed by atoms with Crippen LogP contribution in [-0.4, -0.2) is 9.97 Å². The van der Waals surface area contributed by atoms with Gasteiger partial charge in [-0.15, -0.1) is 11.3 Å². The first kappa shape index (κ1) is 9.71. The molecule has 3 nitrogen and oxygen atoms in total. The van der Waals surface area contributed by atoms with Gasteiger partial charge in [0.25, 0.3) is 0 Å². The Morgan fingerprint density at radius 2 is 2.36 bits per heavy atom. The highest BCUT2D eigenvalue weighted by atomic mass is 35.5. The van der Waals surface area contributed by atoms with E-state index >= 15 is 0 Å². The Balaban J connectivity index is 1.78. The second kappa shape index (κ2) is 4.59. The van der Waals surface area contributed by atoms with E-state index in [4.69, 9.17) is 11.6 Å². The minimum absolute atomic E-state index is 0.801. The summed E-state index contributed by atoms with van der Waals surface area (Å²) in [4.78, 5) is 8.22. The fraction of sp³-hybridized carbons (Fsp3) is 0.222. The van der Waals surface area contributed by atoms with Gasteiger partial charge < -0.3 is 10.3 Å². The van der Waals surface area contributed by atoms with Crippen molar-refractivity contribution >= 4 is 22.9 Å². The summed E-state index contributed by atoms with van der Waals surface area (Å²) in [6, 6.07) is 3.95. The third-order valence-electron chi connectivity index (χ3n) is 1.80. The van der Waals surface area contributed by atoms with E-state index in [1.165, 1.54) is 4.88 Å². The third kappa shape index (κ3) is 2.57. The van der Waals surface area contributed by atoms with Crippen LogP contribution in [0.25, 0.3) is 0 Å². The first-order chi connectivity index (χ1) is 6.84. The molecule has 0 aromatic carbocycles. The summed E-state index contributed by atoms with van der Waals surface area (Å²) in [5, 5.41) is 3.30. The number of hydrogen-bond donors (Lipinski definition) is 2. The van der Waals surface area contributed by atoms with Gasteiger partial charge in [0.1, 0.15) is 0 Å². The van der Waals surface area contributed by atoms with Gasteiger partial charge in [0.15, 0.2) is 0 Å². The standard InChI is InChI=1S/C9H10ClN3S/c10-9-2-1-8(14-9)5-11-3-7-4-12-6-13-7/h1-2,4,6,11H,3,5H2,(H,12,13). The van der Waals surface area contributed by atoms with Crippen LogP contribution in [0.5, 0.6) is 0 Å². The molecule has 2 aromatic rings. The molecular weight excluding hydrogens is 218 g/mol. The average molecular weight is 228 g/mol. The summed E-state index contributed by atoms with van der Waals surface area (Å²) in [5.41, 5.74) is 1.09. The molecule has 0 spiro atoms. The smallest absolute Gasteiger partial charge is 0.0931 e. The van der Waals surface area contributed by atoms with Crippen LogP contribution >= 0.6 is 22.9 Å². The lowest BCUT2D eigenvalue weighted by Gasteiger charge is -1.99. The van der Waals surface area contributed by atoms with Crippen LogP contribution < -0.4 is 5.32 Å². The molecule has 2 rings (SSSR count). The van der Waals surface area contributed by atoms with E-state index in [0.717, 1.165) is 23.1 Å². The minimum Gasteiger partial charge on any atom is -0.347 e. The van der Waals surface area contributed by atoms with Crippen LogP contribution in [0.15, 0.2) is 24.7 Å². The highest BCUT2D eigenvalue weighted by Crippen LogP contribution is 2.20. The van der Waals surface area contributed by atoms with Crippen molar-refractivity contribution in [2.45, 2.75) is 13.1 Å². The Hall–Kier alpha value is -0.840. The van der Waals surface area contributed by atoms with Crippen LogP contribution in [0, 0.1) is 0 Å². The SMILES string of the molecule is Clc1ccc(CNCc2cnc[nH]2)s1. The van der Waals surface area contributed by atoms with Crippen LogP contribution in [0.1, 0.15) is 10.6 Å².